The van der Waals surface area contributed by atoms with Crippen LogP contribution >= 0.6 is 0 Å². The number of hydrogen-bond acceptors (Lipinski definition) is 5. The molecule has 0 aliphatic rings. The van der Waals surface area contributed by atoms with Gasteiger partial charge in [-0.3, -0.25) is 4.98 Å². The summed E-state index contributed by atoms with van der Waals surface area (Å²) in [6, 6.07) is 22.4. The molecule has 0 bridgehead atoms. The smallest absolute Gasteiger partial charge is 0.343 e. The maximum absolute atomic E-state index is 12.6. The number of ether oxygens (including phenoxy) is 2. The summed E-state index contributed by atoms with van der Waals surface area (Å²) in [7, 11) is 0. The summed E-state index contributed by atoms with van der Waals surface area (Å²) in [5, 5.41) is 1.63. The van der Waals surface area contributed by atoms with Crippen LogP contribution in [0.4, 0.5) is 0 Å². The van der Waals surface area contributed by atoms with Crippen LogP contribution in [-0.2, 0) is 0 Å². The second-order valence-electron chi connectivity index (χ2n) is 6.43. The summed E-state index contributed by atoms with van der Waals surface area (Å²) in [4.78, 5) is 29.4. The van der Waals surface area contributed by atoms with Gasteiger partial charge in [0.25, 0.3) is 0 Å². The number of hydrogen-bond donors (Lipinski definition) is 0. The fourth-order valence-corrected chi connectivity index (χ4v) is 2.95. The normalized spacial score (nSPS) is 10.5. The van der Waals surface area contributed by atoms with Gasteiger partial charge < -0.3 is 9.47 Å². The summed E-state index contributed by atoms with van der Waals surface area (Å²) in [5.74, 6) is -0.746. The average molecular weight is 383 g/mol. The van der Waals surface area contributed by atoms with Crippen LogP contribution in [0.1, 0.15) is 26.4 Å². The van der Waals surface area contributed by atoms with Crippen molar-refractivity contribution in [1.82, 2.24) is 4.98 Å². The summed E-state index contributed by atoms with van der Waals surface area (Å²) in [6.07, 6.45) is 1.68. The van der Waals surface area contributed by atoms with Gasteiger partial charge in [-0.15, -0.1) is 0 Å². The van der Waals surface area contributed by atoms with Crippen LogP contribution in [-0.4, -0.2) is 16.9 Å². The first-order valence-electron chi connectivity index (χ1n) is 9.05. The van der Waals surface area contributed by atoms with E-state index < -0.39 is 11.9 Å². The third kappa shape index (κ3) is 3.99. The van der Waals surface area contributed by atoms with Crippen molar-refractivity contribution in [2.24, 2.45) is 0 Å². The van der Waals surface area contributed by atoms with E-state index >= 15 is 0 Å². The van der Waals surface area contributed by atoms with E-state index in [1.54, 1.807) is 66.9 Å². The van der Waals surface area contributed by atoms with Crippen LogP contribution in [0, 0.1) is 6.92 Å². The van der Waals surface area contributed by atoms with Crippen LogP contribution < -0.4 is 9.47 Å². The van der Waals surface area contributed by atoms with E-state index in [2.05, 4.69) is 4.98 Å². The van der Waals surface area contributed by atoms with Crippen molar-refractivity contribution in [2.45, 2.75) is 6.92 Å². The second kappa shape index (κ2) is 7.94. The summed E-state index contributed by atoms with van der Waals surface area (Å²) in [6.45, 7) is 1.86. The van der Waals surface area contributed by atoms with Gasteiger partial charge in [-0.05, 0) is 54.8 Å². The highest BCUT2D eigenvalue weighted by Crippen LogP contribution is 2.34. The molecule has 0 fully saturated rings. The molecular weight excluding hydrogens is 366 g/mol. The monoisotopic (exact) mass is 383 g/mol. The van der Waals surface area contributed by atoms with E-state index in [1.165, 1.54) is 0 Å². The Kier molecular flexibility index (Phi) is 5.03. The number of nitrogens with zero attached hydrogens (tertiary/aromatic N) is 1. The Morgan fingerprint density at radius 2 is 1.24 bits per heavy atom. The molecule has 1 heterocycles. The molecule has 29 heavy (non-hydrogen) atoms. The fourth-order valence-electron chi connectivity index (χ4n) is 2.95. The van der Waals surface area contributed by atoms with Crippen molar-refractivity contribution >= 4 is 22.7 Å². The van der Waals surface area contributed by atoms with Crippen LogP contribution in [0.3, 0.4) is 0 Å². The molecule has 5 heteroatoms. The van der Waals surface area contributed by atoms with Crippen molar-refractivity contribution in [1.29, 1.82) is 0 Å². The van der Waals surface area contributed by atoms with Gasteiger partial charge in [-0.2, -0.15) is 0 Å². The molecule has 1 aromatic heterocycles. The van der Waals surface area contributed by atoms with Crippen molar-refractivity contribution in [3.63, 3.8) is 0 Å². The Morgan fingerprint density at radius 3 is 1.79 bits per heavy atom. The summed E-state index contributed by atoms with van der Waals surface area (Å²) >= 11 is 0. The zero-order valence-corrected chi connectivity index (χ0v) is 15.7. The van der Waals surface area contributed by atoms with Crippen molar-refractivity contribution < 1.29 is 19.1 Å². The van der Waals surface area contributed by atoms with Gasteiger partial charge in [0.2, 0.25) is 0 Å². The van der Waals surface area contributed by atoms with Gasteiger partial charge >= 0.3 is 11.9 Å². The van der Waals surface area contributed by atoms with Gasteiger partial charge in [-0.1, -0.05) is 36.4 Å². The standard InChI is InChI=1S/C24H17NO4/c1-16-20-15-22(29-24(27)18-10-6-3-7-11-18)21(14-19(20)12-13-25-16)28-23(26)17-8-4-2-5-9-17/h2-15H,1H3. The molecule has 0 unspecified atom stereocenters. The molecule has 0 radical (unpaired) electrons. The molecule has 0 saturated carbocycles. The van der Waals surface area contributed by atoms with Crippen molar-refractivity contribution in [3.05, 3.63) is 102 Å². The molecule has 0 saturated heterocycles. The molecule has 0 N–H and O–H groups in total. The molecule has 4 rings (SSSR count). The predicted molar refractivity (Wildman–Crippen MR) is 109 cm³/mol. The largest absolute Gasteiger partial charge is 0.419 e. The molecule has 4 aromatic rings. The van der Waals surface area contributed by atoms with E-state index in [0.29, 0.717) is 11.1 Å². The van der Waals surface area contributed by atoms with E-state index in [0.717, 1.165) is 16.5 Å². The number of fused-ring (bicyclic) bond motifs is 1. The Morgan fingerprint density at radius 1 is 0.724 bits per heavy atom. The van der Waals surface area contributed by atoms with Gasteiger partial charge in [-0.25, -0.2) is 9.59 Å². The van der Waals surface area contributed by atoms with E-state index in [4.69, 9.17) is 9.47 Å². The van der Waals surface area contributed by atoms with Crippen LogP contribution in [0.2, 0.25) is 0 Å². The maximum Gasteiger partial charge on any atom is 0.343 e. The first-order chi connectivity index (χ1) is 14.1. The minimum Gasteiger partial charge on any atom is -0.419 e. The number of carbonyl (C=O) groups excluding carboxylic acids is 2. The number of carbonyl (C=O) groups is 2. The first-order valence-corrected chi connectivity index (χ1v) is 9.05. The highest BCUT2D eigenvalue weighted by Gasteiger charge is 2.18. The SMILES string of the molecule is Cc1nccc2cc(OC(=O)c3ccccc3)c(OC(=O)c3ccccc3)cc12. The number of esters is 2. The lowest BCUT2D eigenvalue weighted by Crippen LogP contribution is -2.12. The highest BCUT2D eigenvalue weighted by molar-refractivity contribution is 5.95. The number of rotatable bonds is 4. The van der Waals surface area contributed by atoms with E-state index in [1.807, 2.05) is 25.1 Å². The maximum atomic E-state index is 12.6. The quantitative estimate of drug-likeness (QED) is 0.367. The lowest BCUT2D eigenvalue weighted by Gasteiger charge is -2.13. The molecule has 5 nitrogen and oxygen atoms in total. The van der Waals surface area contributed by atoms with Gasteiger partial charge in [0, 0.05) is 17.3 Å². The lowest BCUT2D eigenvalue weighted by molar-refractivity contribution is 0.0683. The first kappa shape index (κ1) is 18.4. The van der Waals surface area contributed by atoms with Gasteiger partial charge in [0.15, 0.2) is 11.5 Å². The minimum atomic E-state index is -0.538. The van der Waals surface area contributed by atoms with Gasteiger partial charge in [0.05, 0.1) is 11.1 Å². The van der Waals surface area contributed by atoms with Crippen LogP contribution in [0.5, 0.6) is 11.5 Å². The number of aryl methyl sites for hydroxylation is 1. The van der Waals surface area contributed by atoms with Crippen molar-refractivity contribution in [2.75, 3.05) is 0 Å². The summed E-state index contributed by atoms with van der Waals surface area (Å²) in [5.41, 5.74) is 1.58. The summed E-state index contributed by atoms with van der Waals surface area (Å²) < 4.78 is 11.2. The Labute approximate surface area is 167 Å². The number of pyridine rings is 1. The molecular formula is C24H17NO4. The Hall–Kier alpha value is -3.99. The zero-order chi connectivity index (χ0) is 20.2. The topological polar surface area (TPSA) is 65.5 Å². The molecule has 0 spiro atoms. The number of benzene rings is 3. The molecule has 142 valence electrons. The van der Waals surface area contributed by atoms with Gasteiger partial charge in [0.1, 0.15) is 0 Å². The van der Waals surface area contributed by atoms with E-state index in [9.17, 15) is 9.59 Å². The second-order valence-corrected chi connectivity index (χ2v) is 6.43. The molecule has 0 amide bonds. The molecule has 3 aromatic carbocycles. The number of aromatic nitrogens is 1. The zero-order valence-electron chi connectivity index (χ0n) is 15.7. The minimum absolute atomic E-state index is 0.159. The Balaban J connectivity index is 1.74. The lowest BCUT2D eigenvalue weighted by atomic mass is 10.1. The highest BCUT2D eigenvalue weighted by atomic mass is 16.6. The molecule has 0 aliphatic carbocycles. The van der Waals surface area contributed by atoms with Crippen LogP contribution in [0.15, 0.2) is 85.1 Å². The average Bonchev–Trinajstić information content (AvgIpc) is 2.76. The predicted octanol–water partition coefficient (Wildman–Crippen LogP) is 4.98. The molecule has 0 aliphatic heterocycles. The third-order valence-corrected chi connectivity index (χ3v) is 4.45. The third-order valence-electron chi connectivity index (χ3n) is 4.45. The van der Waals surface area contributed by atoms with E-state index in [-0.39, 0.29) is 11.5 Å². The Bertz CT molecular complexity index is 1190. The molecule has 0 atom stereocenters. The fraction of sp³-hybridized carbons (Fsp3) is 0.0417. The van der Waals surface area contributed by atoms with Crippen molar-refractivity contribution in [3.8, 4) is 11.5 Å². The van der Waals surface area contributed by atoms with Crippen LogP contribution in [0.25, 0.3) is 10.8 Å².